The van der Waals surface area contributed by atoms with Crippen molar-refractivity contribution in [3.63, 3.8) is 0 Å². The Bertz CT molecular complexity index is 427. The molecule has 0 saturated heterocycles. The van der Waals surface area contributed by atoms with Crippen LogP contribution in [-0.2, 0) is 0 Å². The molecule has 0 heterocycles. The second-order valence-corrected chi connectivity index (χ2v) is 5.95. The van der Waals surface area contributed by atoms with Crippen molar-refractivity contribution in [2.24, 2.45) is 11.7 Å². The molecular weight excluding hydrogens is 262 g/mol. The van der Waals surface area contributed by atoms with Crippen molar-refractivity contribution < 1.29 is 9.84 Å². The monoisotopic (exact) mass is 293 g/mol. The van der Waals surface area contributed by atoms with Crippen LogP contribution in [0.4, 0.5) is 0 Å². The fourth-order valence-corrected chi connectivity index (χ4v) is 2.78. The lowest BCUT2D eigenvalue weighted by Crippen LogP contribution is -2.21. The van der Waals surface area contributed by atoms with Gasteiger partial charge in [0.1, 0.15) is 5.75 Å². The molecule has 2 atom stereocenters. The largest absolute Gasteiger partial charge is 0.493 e. The number of nitrogens with two attached hydrogens (primary N) is 1. The van der Waals surface area contributed by atoms with E-state index in [-0.39, 0.29) is 12.5 Å². The zero-order valence-corrected chi connectivity index (χ0v) is 14.0. The number of aliphatic hydroxyl groups excluding tert-OH is 1. The predicted molar refractivity (Wildman–Crippen MR) is 89.0 cm³/mol. The van der Waals surface area contributed by atoms with Crippen LogP contribution in [-0.4, -0.2) is 24.9 Å². The Hall–Kier alpha value is -1.06. The maximum Gasteiger partial charge on any atom is 0.122 e. The first-order chi connectivity index (χ1) is 10.1. The average molecular weight is 293 g/mol. The molecule has 0 radical (unpaired) electrons. The SMILES string of the molecule is CCCOc1cc(C)c(C(CC)CC(CN)CO)cc1C. The molecule has 0 saturated carbocycles. The van der Waals surface area contributed by atoms with Gasteiger partial charge < -0.3 is 15.6 Å². The van der Waals surface area contributed by atoms with Gasteiger partial charge in [0.2, 0.25) is 0 Å². The van der Waals surface area contributed by atoms with E-state index >= 15 is 0 Å². The van der Waals surface area contributed by atoms with Crippen molar-refractivity contribution in [1.29, 1.82) is 0 Å². The van der Waals surface area contributed by atoms with Crippen molar-refractivity contribution >= 4 is 0 Å². The number of hydrogen-bond acceptors (Lipinski definition) is 3. The molecule has 0 aliphatic heterocycles. The van der Waals surface area contributed by atoms with Crippen molar-refractivity contribution in [3.8, 4) is 5.75 Å². The lowest BCUT2D eigenvalue weighted by Gasteiger charge is -2.23. The Morgan fingerprint density at radius 3 is 2.43 bits per heavy atom. The Morgan fingerprint density at radius 1 is 1.19 bits per heavy atom. The Kier molecular flexibility index (Phi) is 7.76. The highest BCUT2D eigenvalue weighted by Crippen LogP contribution is 2.33. The summed E-state index contributed by atoms with van der Waals surface area (Å²) in [5.74, 6) is 1.63. The smallest absolute Gasteiger partial charge is 0.122 e. The molecule has 1 aromatic rings. The van der Waals surface area contributed by atoms with Gasteiger partial charge in [-0.15, -0.1) is 0 Å². The van der Waals surface area contributed by atoms with E-state index in [1.54, 1.807) is 0 Å². The number of aliphatic hydroxyl groups is 1. The zero-order valence-electron chi connectivity index (χ0n) is 14.0. The molecule has 120 valence electrons. The average Bonchev–Trinajstić information content (AvgIpc) is 2.49. The van der Waals surface area contributed by atoms with Crippen molar-refractivity contribution in [2.75, 3.05) is 19.8 Å². The molecule has 1 aromatic carbocycles. The molecular formula is C18H31NO2. The van der Waals surface area contributed by atoms with E-state index in [1.807, 2.05) is 0 Å². The van der Waals surface area contributed by atoms with E-state index in [0.29, 0.717) is 12.5 Å². The molecule has 0 aliphatic carbocycles. The van der Waals surface area contributed by atoms with E-state index in [2.05, 4.69) is 39.8 Å². The molecule has 1 rings (SSSR count). The van der Waals surface area contributed by atoms with E-state index in [4.69, 9.17) is 10.5 Å². The number of benzene rings is 1. The third-order valence-corrected chi connectivity index (χ3v) is 4.17. The van der Waals surface area contributed by atoms with Gasteiger partial charge in [-0.3, -0.25) is 0 Å². The van der Waals surface area contributed by atoms with Crippen LogP contribution in [0.5, 0.6) is 5.75 Å². The van der Waals surface area contributed by atoms with Crippen LogP contribution in [0.3, 0.4) is 0 Å². The molecule has 3 nitrogen and oxygen atoms in total. The van der Waals surface area contributed by atoms with Crippen LogP contribution in [0.1, 0.15) is 55.7 Å². The quantitative estimate of drug-likeness (QED) is 0.732. The van der Waals surface area contributed by atoms with E-state index < -0.39 is 0 Å². The summed E-state index contributed by atoms with van der Waals surface area (Å²) in [6.07, 6.45) is 3.03. The number of aryl methyl sites for hydroxylation is 2. The van der Waals surface area contributed by atoms with Gasteiger partial charge in [0.05, 0.1) is 6.61 Å². The van der Waals surface area contributed by atoms with Gasteiger partial charge in [0.25, 0.3) is 0 Å². The second-order valence-electron chi connectivity index (χ2n) is 5.95. The maximum atomic E-state index is 9.38. The molecule has 0 aliphatic rings. The van der Waals surface area contributed by atoms with Crippen molar-refractivity contribution in [2.45, 2.75) is 52.9 Å². The highest BCUT2D eigenvalue weighted by Gasteiger charge is 2.18. The van der Waals surface area contributed by atoms with Crippen LogP contribution in [0, 0.1) is 19.8 Å². The topological polar surface area (TPSA) is 55.5 Å². The molecule has 0 bridgehead atoms. The van der Waals surface area contributed by atoms with Crippen molar-refractivity contribution in [3.05, 3.63) is 28.8 Å². The van der Waals surface area contributed by atoms with Crippen LogP contribution in [0.2, 0.25) is 0 Å². The van der Waals surface area contributed by atoms with E-state index in [0.717, 1.165) is 31.6 Å². The minimum atomic E-state index is 0.169. The summed E-state index contributed by atoms with van der Waals surface area (Å²) >= 11 is 0. The van der Waals surface area contributed by atoms with Gasteiger partial charge in [-0.05, 0) is 74.2 Å². The third kappa shape index (κ3) is 5.01. The van der Waals surface area contributed by atoms with Gasteiger partial charge in [0, 0.05) is 6.61 Å². The molecule has 2 unspecified atom stereocenters. The third-order valence-electron chi connectivity index (χ3n) is 4.17. The van der Waals surface area contributed by atoms with Crippen LogP contribution >= 0.6 is 0 Å². The first-order valence-corrected chi connectivity index (χ1v) is 8.12. The zero-order chi connectivity index (χ0) is 15.8. The Balaban J connectivity index is 2.96. The standard InChI is InChI=1S/C18H31NO2/c1-5-7-21-18-9-13(3)17(8-14(18)4)16(6-2)10-15(11-19)12-20/h8-9,15-16,20H,5-7,10-12,19H2,1-4H3. The van der Waals surface area contributed by atoms with Crippen LogP contribution in [0.25, 0.3) is 0 Å². The molecule has 0 spiro atoms. The van der Waals surface area contributed by atoms with Gasteiger partial charge in [0.15, 0.2) is 0 Å². The summed E-state index contributed by atoms with van der Waals surface area (Å²) < 4.78 is 5.80. The van der Waals surface area contributed by atoms with Crippen LogP contribution in [0.15, 0.2) is 12.1 Å². The van der Waals surface area contributed by atoms with Gasteiger partial charge >= 0.3 is 0 Å². The molecule has 0 fully saturated rings. The summed E-state index contributed by atoms with van der Waals surface area (Å²) in [6.45, 7) is 10.0. The first kappa shape index (κ1) is 18.0. The van der Waals surface area contributed by atoms with Crippen LogP contribution < -0.4 is 10.5 Å². The summed E-state index contributed by atoms with van der Waals surface area (Å²) in [7, 11) is 0. The van der Waals surface area contributed by atoms with Gasteiger partial charge in [-0.25, -0.2) is 0 Å². The number of rotatable bonds is 9. The Morgan fingerprint density at radius 2 is 1.90 bits per heavy atom. The van der Waals surface area contributed by atoms with Gasteiger partial charge in [-0.2, -0.15) is 0 Å². The lowest BCUT2D eigenvalue weighted by atomic mass is 9.84. The number of hydrogen-bond donors (Lipinski definition) is 2. The molecule has 21 heavy (non-hydrogen) atoms. The lowest BCUT2D eigenvalue weighted by molar-refractivity contribution is 0.214. The first-order valence-electron chi connectivity index (χ1n) is 8.12. The predicted octanol–water partition coefficient (Wildman–Crippen LogP) is 3.54. The summed E-state index contributed by atoms with van der Waals surface area (Å²) in [5.41, 5.74) is 9.56. The summed E-state index contributed by atoms with van der Waals surface area (Å²) in [5, 5.41) is 9.38. The molecule has 0 amide bonds. The fourth-order valence-electron chi connectivity index (χ4n) is 2.78. The normalized spacial score (nSPS) is 14.0. The second kappa shape index (κ2) is 9.06. The Labute approximate surface area is 129 Å². The molecule has 0 aromatic heterocycles. The summed E-state index contributed by atoms with van der Waals surface area (Å²) in [6, 6.07) is 4.40. The molecule has 3 heteroatoms. The minimum Gasteiger partial charge on any atom is -0.493 e. The number of ether oxygens (including phenoxy) is 1. The fraction of sp³-hybridized carbons (Fsp3) is 0.667. The minimum absolute atomic E-state index is 0.169. The van der Waals surface area contributed by atoms with E-state index in [9.17, 15) is 5.11 Å². The van der Waals surface area contributed by atoms with Gasteiger partial charge in [-0.1, -0.05) is 19.9 Å². The highest BCUT2D eigenvalue weighted by atomic mass is 16.5. The van der Waals surface area contributed by atoms with Crippen molar-refractivity contribution in [1.82, 2.24) is 0 Å². The summed E-state index contributed by atoms with van der Waals surface area (Å²) in [4.78, 5) is 0. The highest BCUT2D eigenvalue weighted by molar-refractivity contribution is 5.43. The molecule has 3 N–H and O–H groups in total. The maximum absolute atomic E-state index is 9.38. The van der Waals surface area contributed by atoms with E-state index in [1.165, 1.54) is 16.7 Å².